The van der Waals surface area contributed by atoms with Crippen LogP contribution in [0.3, 0.4) is 0 Å². The van der Waals surface area contributed by atoms with Gasteiger partial charge in [-0.25, -0.2) is 0 Å². The highest BCUT2D eigenvalue weighted by Gasteiger charge is 2.31. The molecule has 0 spiro atoms. The lowest BCUT2D eigenvalue weighted by molar-refractivity contribution is 0.270. The van der Waals surface area contributed by atoms with Gasteiger partial charge in [0.2, 0.25) is 0 Å². The molecule has 1 nitrogen and oxygen atoms in total. The lowest BCUT2D eigenvalue weighted by Crippen LogP contribution is -2.26. The van der Waals surface area contributed by atoms with Crippen molar-refractivity contribution in [1.82, 2.24) is 4.90 Å². The monoisotopic (exact) mass is 167 g/mol. The predicted octanol–water partition coefficient (Wildman–Crippen LogP) is 2.52. The average Bonchev–Trinajstić information content (AvgIpc) is 2.84. The predicted molar refractivity (Wildman–Crippen MR) is 52.2 cm³/mol. The first-order valence-corrected chi connectivity index (χ1v) is 5.51. The molecule has 0 radical (unpaired) electrons. The molecule has 2 unspecified atom stereocenters. The zero-order valence-corrected chi connectivity index (χ0v) is 8.42. The molecule has 0 aromatic carbocycles. The zero-order valence-electron chi connectivity index (χ0n) is 8.42. The Morgan fingerprint density at radius 2 is 1.33 bits per heavy atom. The molecule has 1 heterocycles. The smallest absolute Gasteiger partial charge is 0.00964 e. The summed E-state index contributed by atoms with van der Waals surface area (Å²) in [5.41, 5.74) is 0. The van der Waals surface area contributed by atoms with Crippen LogP contribution in [0.1, 0.15) is 39.5 Å². The number of rotatable bonds is 1. The Labute approximate surface area is 76.1 Å². The second-order valence-corrected chi connectivity index (χ2v) is 4.80. The maximum absolute atomic E-state index is 2.72. The third-order valence-corrected chi connectivity index (χ3v) is 3.78. The van der Waals surface area contributed by atoms with Crippen LogP contribution in [-0.2, 0) is 0 Å². The third-order valence-electron chi connectivity index (χ3n) is 3.78. The van der Waals surface area contributed by atoms with E-state index in [2.05, 4.69) is 18.7 Å². The maximum atomic E-state index is 2.72. The van der Waals surface area contributed by atoms with E-state index in [0.29, 0.717) is 0 Å². The fourth-order valence-corrected chi connectivity index (χ4v) is 2.22. The minimum atomic E-state index is 0.953. The minimum Gasteiger partial charge on any atom is -0.300 e. The molecule has 1 saturated heterocycles. The lowest BCUT2D eigenvalue weighted by atomic mass is 9.92. The van der Waals surface area contributed by atoms with Crippen LogP contribution in [0.4, 0.5) is 0 Å². The van der Waals surface area contributed by atoms with Crippen LogP contribution in [-0.4, -0.2) is 24.0 Å². The summed E-state index contributed by atoms with van der Waals surface area (Å²) < 4.78 is 0. The summed E-state index contributed by atoms with van der Waals surface area (Å²) in [4.78, 5) is 2.72. The van der Waals surface area contributed by atoms with Gasteiger partial charge in [0.1, 0.15) is 0 Å². The van der Waals surface area contributed by atoms with Crippen molar-refractivity contribution in [2.75, 3.05) is 13.1 Å². The lowest BCUT2D eigenvalue weighted by Gasteiger charge is -2.18. The minimum absolute atomic E-state index is 0.953. The molecule has 0 bridgehead atoms. The molecule has 1 aliphatic carbocycles. The highest BCUT2D eigenvalue weighted by molar-refractivity contribution is 4.86. The molecule has 2 atom stereocenters. The number of hydrogen-bond acceptors (Lipinski definition) is 1. The van der Waals surface area contributed by atoms with Gasteiger partial charge >= 0.3 is 0 Å². The Bertz CT molecular complexity index is 139. The Morgan fingerprint density at radius 1 is 0.833 bits per heavy atom. The van der Waals surface area contributed by atoms with E-state index >= 15 is 0 Å². The molecule has 0 amide bonds. The molecular formula is C11H21N. The van der Waals surface area contributed by atoms with E-state index < -0.39 is 0 Å². The van der Waals surface area contributed by atoms with Crippen LogP contribution >= 0.6 is 0 Å². The molecule has 1 aliphatic heterocycles. The molecule has 2 fully saturated rings. The topological polar surface area (TPSA) is 3.24 Å². The largest absolute Gasteiger partial charge is 0.300 e. The van der Waals surface area contributed by atoms with Crippen molar-refractivity contribution < 1.29 is 0 Å². The van der Waals surface area contributed by atoms with Gasteiger partial charge in [0.25, 0.3) is 0 Å². The summed E-state index contributed by atoms with van der Waals surface area (Å²) >= 11 is 0. The number of nitrogens with zero attached hydrogens (tertiary/aromatic N) is 1. The van der Waals surface area contributed by atoms with Gasteiger partial charge in [-0.15, -0.1) is 0 Å². The van der Waals surface area contributed by atoms with Gasteiger partial charge in [-0.05, 0) is 50.6 Å². The van der Waals surface area contributed by atoms with Crippen molar-refractivity contribution >= 4 is 0 Å². The highest BCUT2D eigenvalue weighted by Crippen LogP contribution is 2.31. The SMILES string of the molecule is CC1CCN(C2CC2)CCC1C. The Kier molecular flexibility index (Phi) is 2.40. The molecule has 1 heteroatoms. The normalized spacial score (nSPS) is 39.5. The van der Waals surface area contributed by atoms with Gasteiger partial charge in [-0.3, -0.25) is 0 Å². The van der Waals surface area contributed by atoms with Crippen molar-refractivity contribution in [1.29, 1.82) is 0 Å². The second-order valence-electron chi connectivity index (χ2n) is 4.80. The van der Waals surface area contributed by atoms with Gasteiger partial charge in [-0.2, -0.15) is 0 Å². The van der Waals surface area contributed by atoms with Crippen molar-refractivity contribution in [3.8, 4) is 0 Å². The van der Waals surface area contributed by atoms with Gasteiger partial charge in [0.15, 0.2) is 0 Å². The van der Waals surface area contributed by atoms with Crippen LogP contribution in [0.2, 0.25) is 0 Å². The second kappa shape index (κ2) is 3.37. The van der Waals surface area contributed by atoms with E-state index in [9.17, 15) is 0 Å². The van der Waals surface area contributed by atoms with Crippen molar-refractivity contribution in [3.63, 3.8) is 0 Å². The van der Waals surface area contributed by atoms with E-state index in [-0.39, 0.29) is 0 Å². The summed E-state index contributed by atoms with van der Waals surface area (Å²) in [6.07, 6.45) is 5.81. The summed E-state index contributed by atoms with van der Waals surface area (Å²) in [6, 6.07) is 0.988. The molecular weight excluding hydrogens is 146 g/mol. The first-order valence-electron chi connectivity index (χ1n) is 5.51. The van der Waals surface area contributed by atoms with E-state index in [1.807, 2.05) is 0 Å². The molecule has 70 valence electrons. The van der Waals surface area contributed by atoms with E-state index in [1.54, 1.807) is 0 Å². The van der Waals surface area contributed by atoms with Crippen LogP contribution in [0.15, 0.2) is 0 Å². The zero-order chi connectivity index (χ0) is 8.55. The Balaban J connectivity index is 1.87. The summed E-state index contributed by atoms with van der Waals surface area (Å²) in [6.45, 7) is 7.58. The molecule has 1 saturated carbocycles. The highest BCUT2D eigenvalue weighted by atomic mass is 15.2. The fraction of sp³-hybridized carbons (Fsp3) is 1.00. The van der Waals surface area contributed by atoms with E-state index in [4.69, 9.17) is 0 Å². The first-order chi connectivity index (χ1) is 5.77. The molecule has 2 rings (SSSR count). The number of hydrogen-bond donors (Lipinski definition) is 0. The quantitative estimate of drug-likeness (QED) is 0.580. The molecule has 12 heavy (non-hydrogen) atoms. The summed E-state index contributed by atoms with van der Waals surface area (Å²) in [7, 11) is 0. The Hall–Kier alpha value is -0.0400. The van der Waals surface area contributed by atoms with Gasteiger partial charge in [-0.1, -0.05) is 13.8 Å². The summed E-state index contributed by atoms with van der Waals surface area (Å²) in [5.74, 6) is 1.91. The van der Waals surface area contributed by atoms with Crippen LogP contribution in [0, 0.1) is 11.8 Å². The van der Waals surface area contributed by atoms with E-state index in [1.165, 1.54) is 38.8 Å². The van der Waals surface area contributed by atoms with E-state index in [0.717, 1.165) is 17.9 Å². The fourth-order valence-electron chi connectivity index (χ4n) is 2.22. The molecule has 0 N–H and O–H groups in total. The van der Waals surface area contributed by atoms with Gasteiger partial charge < -0.3 is 4.90 Å². The van der Waals surface area contributed by atoms with Crippen LogP contribution in [0.5, 0.6) is 0 Å². The third kappa shape index (κ3) is 1.82. The molecule has 0 aromatic rings. The van der Waals surface area contributed by atoms with Crippen LogP contribution in [0.25, 0.3) is 0 Å². The number of likely N-dealkylation sites (tertiary alicyclic amines) is 1. The van der Waals surface area contributed by atoms with Crippen molar-refractivity contribution in [3.05, 3.63) is 0 Å². The maximum Gasteiger partial charge on any atom is 0.00964 e. The Morgan fingerprint density at radius 3 is 1.75 bits per heavy atom. The molecule has 0 aromatic heterocycles. The first kappa shape index (κ1) is 8.55. The standard InChI is InChI=1S/C11H21N/c1-9-5-7-12(11-3-4-11)8-6-10(9)2/h9-11H,3-8H2,1-2H3. The average molecular weight is 167 g/mol. The summed E-state index contributed by atoms with van der Waals surface area (Å²) in [5, 5.41) is 0. The van der Waals surface area contributed by atoms with Crippen LogP contribution < -0.4 is 0 Å². The van der Waals surface area contributed by atoms with Gasteiger partial charge in [0, 0.05) is 6.04 Å². The van der Waals surface area contributed by atoms with Gasteiger partial charge in [0.05, 0.1) is 0 Å². The van der Waals surface area contributed by atoms with Crippen molar-refractivity contribution in [2.45, 2.75) is 45.6 Å². The molecule has 2 aliphatic rings. The van der Waals surface area contributed by atoms with Crippen molar-refractivity contribution in [2.24, 2.45) is 11.8 Å².